The van der Waals surface area contributed by atoms with Crippen molar-refractivity contribution in [3.63, 3.8) is 0 Å². The van der Waals surface area contributed by atoms with Crippen LogP contribution < -0.4 is 0 Å². The summed E-state index contributed by atoms with van der Waals surface area (Å²) in [5.74, 6) is 0. The minimum absolute atomic E-state index is 0. The topological polar surface area (TPSA) is 0 Å². The third-order valence-electron chi connectivity index (χ3n) is 3.64. The van der Waals surface area contributed by atoms with Crippen LogP contribution in [-0.2, 0) is 17.1 Å². The molecule has 0 N–H and O–H groups in total. The number of hydrogen-bond acceptors (Lipinski definition) is 0. The Morgan fingerprint density at radius 1 is 0.773 bits per heavy atom. The zero-order chi connectivity index (χ0) is 14.5. The van der Waals surface area contributed by atoms with Crippen molar-refractivity contribution in [3.05, 3.63) is 96.6 Å². The first kappa shape index (κ1) is 16.3. The Morgan fingerprint density at radius 2 is 1.45 bits per heavy atom. The van der Waals surface area contributed by atoms with Crippen molar-refractivity contribution >= 4 is 10.8 Å². The van der Waals surface area contributed by atoms with E-state index in [1.165, 1.54) is 27.5 Å². The van der Waals surface area contributed by atoms with Gasteiger partial charge in [-0.05, 0) is 0 Å². The molecule has 4 aromatic carbocycles. The fourth-order valence-corrected chi connectivity index (χ4v) is 2.63. The summed E-state index contributed by atoms with van der Waals surface area (Å²) in [5.41, 5.74) is 4.02. The third kappa shape index (κ3) is 3.57. The molecular formula is C21H18Fe. The summed E-state index contributed by atoms with van der Waals surface area (Å²) in [5, 5.41) is 2.65. The van der Waals surface area contributed by atoms with Crippen molar-refractivity contribution in [3.8, 4) is 11.1 Å². The molecule has 0 aliphatic carbocycles. The summed E-state index contributed by atoms with van der Waals surface area (Å²) in [6, 6.07) is 31.5. The quantitative estimate of drug-likeness (QED) is 0.300. The van der Waals surface area contributed by atoms with Crippen LogP contribution in [0.2, 0.25) is 0 Å². The van der Waals surface area contributed by atoms with E-state index in [4.69, 9.17) is 0 Å². The zero-order valence-electron chi connectivity index (χ0n) is 12.5. The van der Waals surface area contributed by atoms with E-state index in [2.05, 4.69) is 67.6 Å². The van der Waals surface area contributed by atoms with Gasteiger partial charge in [0.1, 0.15) is 0 Å². The van der Waals surface area contributed by atoms with Crippen LogP contribution in [0, 0.1) is 6.92 Å². The molecule has 0 amide bonds. The third-order valence-corrected chi connectivity index (χ3v) is 3.64. The molecule has 0 unspecified atom stereocenters. The first-order valence-corrected chi connectivity index (χ1v) is 7.23. The molecule has 0 fully saturated rings. The van der Waals surface area contributed by atoms with E-state index in [0.29, 0.717) is 0 Å². The Balaban J connectivity index is 0.000000253. The summed E-state index contributed by atoms with van der Waals surface area (Å²) in [4.78, 5) is 0. The second kappa shape index (κ2) is 7.79. The van der Waals surface area contributed by atoms with Crippen molar-refractivity contribution in [1.29, 1.82) is 0 Å². The number of hydrogen-bond donors (Lipinski definition) is 0. The van der Waals surface area contributed by atoms with Crippen molar-refractivity contribution in [2.45, 2.75) is 6.92 Å². The van der Waals surface area contributed by atoms with Crippen LogP contribution in [0.15, 0.2) is 91.0 Å². The van der Waals surface area contributed by atoms with Gasteiger partial charge in [0.25, 0.3) is 0 Å². The molecule has 4 rings (SSSR count). The smallest absolute Gasteiger partial charge is 0.214 e. The van der Waals surface area contributed by atoms with E-state index in [1.807, 2.05) is 30.3 Å². The Hall–Kier alpha value is -2.08. The predicted octanol–water partition coefficient (Wildman–Crippen LogP) is 5.94. The molecular weight excluding hydrogens is 308 g/mol. The maximum absolute atomic E-state index is 2.20. The summed E-state index contributed by atoms with van der Waals surface area (Å²) >= 11 is 0. The maximum atomic E-state index is 2.20. The number of rotatable bonds is 1. The first-order chi connectivity index (χ1) is 10.4. The average Bonchev–Trinajstić information content (AvgIpc) is 3.23. The molecule has 0 aliphatic heterocycles. The van der Waals surface area contributed by atoms with Crippen LogP contribution in [0.3, 0.4) is 0 Å². The van der Waals surface area contributed by atoms with Crippen molar-refractivity contribution in [1.82, 2.24) is 0 Å². The van der Waals surface area contributed by atoms with Crippen molar-refractivity contribution in [2.75, 3.05) is 0 Å². The largest absolute Gasteiger partial charge is 2.00 e. The van der Waals surface area contributed by atoms with Crippen molar-refractivity contribution < 1.29 is 17.1 Å². The van der Waals surface area contributed by atoms with E-state index >= 15 is 0 Å². The molecule has 0 nitrogen and oxygen atoms in total. The Labute approximate surface area is 142 Å². The van der Waals surface area contributed by atoms with Gasteiger partial charge in [-0.15, -0.1) is 23.3 Å². The van der Waals surface area contributed by atoms with Gasteiger partial charge in [0.15, 0.2) is 0 Å². The standard InChI is InChI=1S/C16H13.C5H5.Fe/c1-12-10-11-13-6-4-5-9-15(13)16(12)14-7-2-3-8-14;1-2-4-5-3-1;/h2-11H,1H3;1-5H;/q2*-1;+2. The van der Waals surface area contributed by atoms with Crippen LogP contribution >= 0.6 is 0 Å². The van der Waals surface area contributed by atoms with Crippen LogP contribution in [0.1, 0.15) is 5.56 Å². The molecule has 1 heteroatoms. The predicted molar refractivity (Wildman–Crippen MR) is 91.7 cm³/mol. The Kier molecular flexibility index (Phi) is 5.77. The van der Waals surface area contributed by atoms with Crippen LogP contribution in [0.25, 0.3) is 21.9 Å². The molecule has 0 saturated carbocycles. The summed E-state index contributed by atoms with van der Waals surface area (Å²) in [6.07, 6.45) is 0. The van der Waals surface area contributed by atoms with Crippen molar-refractivity contribution in [2.24, 2.45) is 0 Å². The molecule has 0 saturated heterocycles. The fraction of sp³-hybridized carbons (Fsp3) is 0.0476. The first-order valence-electron chi connectivity index (χ1n) is 7.23. The fourth-order valence-electron chi connectivity index (χ4n) is 2.63. The summed E-state index contributed by atoms with van der Waals surface area (Å²) < 4.78 is 0. The normalized spacial score (nSPS) is 9.68. The molecule has 0 radical (unpaired) electrons. The minimum atomic E-state index is 0. The van der Waals surface area contributed by atoms with Crippen LogP contribution in [-0.4, -0.2) is 0 Å². The molecule has 0 bridgehead atoms. The van der Waals surface area contributed by atoms with Crippen LogP contribution in [0.5, 0.6) is 0 Å². The van der Waals surface area contributed by atoms with Gasteiger partial charge in [0.2, 0.25) is 0 Å². The SMILES string of the molecule is Cc1ccc2ccccc2c1-[c-]1cccc1.[Fe+2].c1cc[cH-]c1. The monoisotopic (exact) mass is 326 g/mol. The second-order valence-corrected chi connectivity index (χ2v) is 5.11. The molecule has 0 spiro atoms. The second-order valence-electron chi connectivity index (χ2n) is 5.11. The number of benzene rings is 2. The molecule has 0 heterocycles. The van der Waals surface area contributed by atoms with Gasteiger partial charge in [-0.2, -0.15) is 30.3 Å². The van der Waals surface area contributed by atoms with Gasteiger partial charge in [0, 0.05) is 0 Å². The zero-order valence-corrected chi connectivity index (χ0v) is 13.6. The van der Waals surface area contributed by atoms with E-state index in [1.54, 1.807) is 0 Å². The van der Waals surface area contributed by atoms with Gasteiger partial charge in [0.05, 0.1) is 0 Å². The van der Waals surface area contributed by atoms with E-state index < -0.39 is 0 Å². The van der Waals surface area contributed by atoms with Gasteiger partial charge < -0.3 is 0 Å². The Morgan fingerprint density at radius 3 is 2.09 bits per heavy atom. The average molecular weight is 326 g/mol. The van der Waals surface area contributed by atoms with E-state index in [-0.39, 0.29) is 17.1 Å². The molecule has 0 aliphatic rings. The van der Waals surface area contributed by atoms with Gasteiger partial charge in [-0.3, -0.25) is 0 Å². The Bertz CT molecular complexity index is 776. The molecule has 22 heavy (non-hydrogen) atoms. The number of fused-ring (bicyclic) bond motifs is 1. The summed E-state index contributed by atoms with van der Waals surface area (Å²) in [6.45, 7) is 2.18. The maximum Gasteiger partial charge on any atom is 2.00 e. The molecule has 0 atom stereocenters. The molecule has 4 aromatic rings. The molecule has 110 valence electrons. The van der Waals surface area contributed by atoms with Gasteiger partial charge in [-0.1, -0.05) is 59.7 Å². The number of aryl methyl sites for hydroxylation is 1. The van der Waals surface area contributed by atoms with Gasteiger partial charge >= 0.3 is 17.1 Å². The summed E-state index contributed by atoms with van der Waals surface area (Å²) in [7, 11) is 0. The van der Waals surface area contributed by atoms with E-state index in [9.17, 15) is 0 Å². The van der Waals surface area contributed by atoms with E-state index in [0.717, 1.165) is 0 Å². The van der Waals surface area contributed by atoms with Crippen LogP contribution in [0.4, 0.5) is 0 Å². The molecule has 0 aromatic heterocycles. The minimum Gasteiger partial charge on any atom is -0.214 e. The van der Waals surface area contributed by atoms with Gasteiger partial charge in [-0.25, -0.2) is 12.1 Å².